The van der Waals surface area contributed by atoms with E-state index in [4.69, 9.17) is 22.4 Å². The number of nitrogens with two attached hydrogens (primary N) is 1. The molecule has 0 saturated carbocycles. The van der Waals surface area contributed by atoms with Crippen molar-refractivity contribution in [3.8, 4) is 0 Å². The topological polar surface area (TPSA) is 43.8 Å². The zero-order chi connectivity index (χ0) is 13.8. The molecule has 1 aromatic carbocycles. The largest absolute Gasteiger partial charge is 0.326 e. The third-order valence-corrected chi connectivity index (χ3v) is 3.62. The predicted molar refractivity (Wildman–Crippen MR) is 79.4 cm³/mol. The maximum atomic E-state index is 5.91. The van der Waals surface area contributed by atoms with Gasteiger partial charge in [-0.1, -0.05) is 37.6 Å². The van der Waals surface area contributed by atoms with Gasteiger partial charge in [0.25, 0.3) is 0 Å². The quantitative estimate of drug-likeness (QED) is 0.912. The smallest absolute Gasteiger partial charge is 0.0669 e. The van der Waals surface area contributed by atoms with Gasteiger partial charge in [0.2, 0.25) is 0 Å². The molecule has 0 saturated heterocycles. The van der Waals surface area contributed by atoms with Gasteiger partial charge in [-0.25, -0.2) is 0 Å². The molecule has 0 fully saturated rings. The fourth-order valence-electron chi connectivity index (χ4n) is 2.40. The minimum Gasteiger partial charge on any atom is -0.326 e. The summed E-state index contributed by atoms with van der Waals surface area (Å²) in [6.45, 7) is 5.60. The molecule has 0 aliphatic heterocycles. The summed E-state index contributed by atoms with van der Waals surface area (Å²) in [6, 6.07) is 7.90. The molecule has 4 heteroatoms. The molecule has 0 atom stereocenters. The third-order valence-electron chi connectivity index (χ3n) is 3.37. The van der Waals surface area contributed by atoms with Crippen molar-refractivity contribution in [2.45, 2.75) is 39.8 Å². The third kappa shape index (κ3) is 2.99. The molecule has 0 unspecified atom stereocenters. The molecule has 2 rings (SSSR count). The van der Waals surface area contributed by atoms with Crippen LogP contribution < -0.4 is 5.73 Å². The molecule has 0 amide bonds. The number of hydrogen-bond donors (Lipinski definition) is 1. The van der Waals surface area contributed by atoms with Gasteiger partial charge in [0.15, 0.2) is 0 Å². The van der Waals surface area contributed by atoms with E-state index in [0.29, 0.717) is 6.54 Å². The van der Waals surface area contributed by atoms with Crippen molar-refractivity contribution in [3.63, 3.8) is 0 Å². The summed E-state index contributed by atoms with van der Waals surface area (Å²) in [4.78, 5) is 0. The lowest BCUT2D eigenvalue weighted by Gasteiger charge is -2.07. The molecular weight excluding hydrogens is 258 g/mol. The molecule has 1 heterocycles. The number of rotatable bonds is 5. The molecule has 3 nitrogen and oxygen atoms in total. The fraction of sp³-hybridized carbons (Fsp3) is 0.400. The Balaban J connectivity index is 2.34. The SMILES string of the molecule is CCc1nn(Cc2ccc(Cl)cc2)c(CC)c1CN. The highest BCUT2D eigenvalue weighted by molar-refractivity contribution is 6.30. The Bertz CT molecular complexity index is 543. The second-order valence-corrected chi connectivity index (χ2v) is 5.00. The molecule has 0 spiro atoms. The van der Waals surface area contributed by atoms with Crippen LogP contribution in [0.1, 0.15) is 36.4 Å². The summed E-state index contributed by atoms with van der Waals surface area (Å²) >= 11 is 5.91. The van der Waals surface area contributed by atoms with Crippen molar-refractivity contribution >= 4 is 11.6 Å². The molecule has 0 aliphatic carbocycles. The zero-order valence-corrected chi connectivity index (χ0v) is 12.2. The summed E-state index contributed by atoms with van der Waals surface area (Å²) in [5.74, 6) is 0. The first-order chi connectivity index (χ1) is 9.19. The van der Waals surface area contributed by atoms with Gasteiger partial charge >= 0.3 is 0 Å². The van der Waals surface area contributed by atoms with E-state index >= 15 is 0 Å². The number of nitrogens with zero attached hydrogens (tertiary/aromatic N) is 2. The number of halogens is 1. The molecule has 2 aromatic rings. The van der Waals surface area contributed by atoms with Gasteiger partial charge in [-0.15, -0.1) is 0 Å². The summed E-state index contributed by atoms with van der Waals surface area (Å²) in [5, 5.41) is 5.45. The Hall–Kier alpha value is -1.32. The summed E-state index contributed by atoms with van der Waals surface area (Å²) in [5.41, 5.74) is 10.6. The van der Waals surface area contributed by atoms with E-state index in [2.05, 4.69) is 18.5 Å². The number of benzene rings is 1. The Morgan fingerprint density at radius 3 is 2.37 bits per heavy atom. The number of aryl methyl sites for hydroxylation is 1. The van der Waals surface area contributed by atoms with Crippen molar-refractivity contribution in [2.24, 2.45) is 5.73 Å². The first kappa shape index (κ1) is 14.1. The van der Waals surface area contributed by atoms with Crippen LogP contribution in [0.5, 0.6) is 0 Å². The Morgan fingerprint density at radius 1 is 1.16 bits per heavy atom. The minimum atomic E-state index is 0.562. The van der Waals surface area contributed by atoms with E-state index in [9.17, 15) is 0 Å². The first-order valence-electron chi connectivity index (χ1n) is 6.71. The van der Waals surface area contributed by atoms with Crippen LogP contribution in [0.15, 0.2) is 24.3 Å². The van der Waals surface area contributed by atoms with E-state index in [1.54, 1.807) is 0 Å². The van der Waals surface area contributed by atoms with Crippen LogP contribution >= 0.6 is 11.6 Å². The molecule has 1 aromatic heterocycles. The lowest BCUT2D eigenvalue weighted by Crippen LogP contribution is -2.08. The molecule has 0 bridgehead atoms. The summed E-state index contributed by atoms with van der Waals surface area (Å²) in [7, 11) is 0. The Kier molecular flexibility index (Phi) is 4.61. The van der Waals surface area contributed by atoms with Crippen molar-refractivity contribution < 1.29 is 0 Å². The molecule has 102 valence electrons. The highest BCUT2D eigenvalue weighted by atomic mass is 35.5. The van der Waals surface area contributed by atoms with Crippen molar-refractivity contribution in [3.05, 3.63) is 51.8 Å². The van der Waals surface area contributed by atoms with Crippen LogP contribution in [-0.2, 0) is 25.9 Å². The van der Waals surface area contributed by atoms with Gasteiger partial charge in [0.05, 0.1) is 12.2 Å². The Morgan fingerprint density at radius 2 is 1.84 bits per heavy atom. The molecule has 0 aliphatic rings. The normalized spacial score (nSPS) is 10.9. The standard InChI is InChI=1S/C15H20ClN3/c1-3-14-13(9-17)15(4-2)19(18-14)10-11-5-7-12(16)8-6-11/h5-8H,3-4,9-10,17H2,1-2H3. The molecule has 0 radical (unpaired) electrons. The van der Waals surface area contributed by atoms with Crippen LogP contribution in [0.25, 0.3) is 0 Å². The van der Waals surface area contributed by atoms with Crippen LogP contribution in [-0.4, -0.2) is 9.78 Å². The van der Waals surface area contributed by atoms with Crippen molar-refractivity contribution in [1.82, 2.24) is 9.78 Å². The van der Waals surface area contributed by atoms with Gasteiger partial charge < -0.3 is 5.73 Å². The van der Waals surface area contributed by atoms with Gasteiger partial charge in [-0.3, -0.25) is 4.68 Å². The fourth-order valence-corrected chi connectivity index (χ4v) is 2.52. The van der Waals surface area contributed by atoms with Gasteiger partial charge in [-0.05, 0) is 30.5 Å². The van der Waals surface area contributed by atoms with E-state index in [1.165, 1.54) is 16.8 Å². The van der Waals surface area contributed by atoms with Crippen LogP contribution in [0.4, 0.5) is 0 Å². The van der Waals surface area contributed by atoms with Gasteiger partial charge in [0.1, 0.15) is 0 Å². The molecule has 19 heavy (non-hydrogen) atoms. The maximum absolute atomic E-state index is 5.91. The van der Waals surface area contributed by atoms with Crippen LogP contribution in [0.2, 0.25) is 5.02 Å². The van der Waals surface area contributed by atoms with Gasteiger partial charge in [0, 0.05) is 22.8 Å². The lowest BCUT2D eigenvalue weighted by atomic mass is 10.1. The average molecular weight is 278 g/mol. The van der Waals surface area contributed by atoms with E-state index < -0.39 is 0 Å². The first-order valence-corrected chi connectivity index (χ1v) is 7.09. The maximum Gasteiger partial charge on any atom is 0.0669 e. The number of hydrogen-bond acceptors (Lipinski definition) is 2. The summed E-state index contributed by atoms with van der Waals surface area (Å²) in [6.07, 6.45) is 1.88. The minimum absolute atomic E-state index is 0.562. The van der Waals surface area contributed by atoms with Crippen LogP contribution in [0, 0.1) is 0 Å². The van der Waals surface area contributed by atoms with E-state index in [0.717, 1.165) is 30.1 Å². The highest BCUT2D eigenvalue weighted by Gasteiger charge is 2.14. The molecule has 2 N–H and O–H groups in total. The average Bonchev–Trinajstić information content (AvgIpc) is 2.78. The second kappa shape index (κ2) is 6.22. The van der Waals surface area contributed by atoms with Crippen molar-refractivity contribution in [2.75, 3.05) is 0 Å². The second-order valence-electron chi connectivity index (χ2n) is 4.57. The number of aromatic nitrogens is 2. The zero-order valence-electron chi connectivity index (χ0n) is 11.5. The monoisotopic (exact) mass is 277 g/mol. The van der Waals surface area contributed by atoms with Crippen molar-refractivity contribution in [1.29, 1.82) is 0 Å². The molecular formula is C15H20ClN3. The predicted octanol–water partition coefficient (Wildman–Crippen LogP) is 3.17. The van der Waals surface area contributed by atoms with E-state index in [-0.39, 0.29) is 0 Å². The summed E-state index contributed by atoms with van der Waals surface area (Å²) < 4.78 is 2.07. The Labute approximate surface area is 119 Å². The van der Waals surface area contributed by atoms with Gasteiger partial charge in [-0.2, -0.15) is 5.10 Å². The van der Waals surface area contributed by atoms with Crippen LogP contribution in [0.3, 0.4) is 0 Å². The van der Waals surface area contributed by atoms with E-state index in [1.807, 2.05) is 24.3 Å². The highest BCUT2D eigenvalue weighted by Crippen LogP contribution is 2.18. The lowest BCUT2D eigenvalue weighted by molar-refractivity contribution is 0.639.